The summed E-state index contributed by atoms with van der Waals surface area (Å²) in [5, 5.41) is 9.64. The highest BCUT2D eigenvalue weighted by atomic mass is 16.3. The van der Waals surface area contributed by atoms with Gasteiger partial charge in [0.05, 0.1) is 6.10 Å². The molecular formula is C11H20O. The van der Waals surface area contributed by atoms with Crippen LogP contribution in [0.1, 0.15) is 47.0 Å². The topological polar surface area (TPSA) is 20.2 Å². The molecule has 1 heteroatoms. The van der Waals surface area contributed by atoms with Crippen LogP contribution in [0, 0.1) is 17.3 Å². The standard InChI is InChI=1S/C11H20O/c1-5-6-7-8-9-10(12)11(2,3)4/h10,12H,7-9H2,1-4H3. The highest BCUT2D eigenvalue weighted by molar-refractivity contribution is 4.94. The third-order valence-corrected chi connectivity index (χ3v) is 1.96. The summed E-state index contributed by atoms with van der Waals surface area (Å²) in [5.74, 6) is 5.84. The molecule has 0 rings (SSSR count). The van der Waals surface area contributed by atoms with E-state index in [4.69, 9.17) is 0 Å². The van der Waals surface area contributed by atoms with Crippen LogP contribution in [-0.2, 0) is 0 Å². The number of hydrogen-bond acceptors (Lipinski definition) is 1. The second-order valence-corrected chi connectivity index (χ2v) is 4.20. The summed E-state index contributed by atoms with van der Waals surface area (Å²) in [7, 11) is 0. The fourth-order valence-electron chi connectivity index (χ4n) is 0.942. The van der Waals surface area contributed by atoms with Crippen molar-refractivity contribution >= 4 is 0 Å². The largest absolute Gasteiger partial charge is 0.393 e. The van der Waals surface area contributed by atoms with E-state index in [2.05, 4.69) is 32.6 Å². The third-order valence-electron chi connectivity index (χ3n) is 1.96. The fraction of sp³-hybridized carbons (Fsp3) is 0.818. The van der Waals surface area contributed by atoms with Gasteiger partial charge >= 0.3 is 0 Å². The van der Waals surface area contributed by atoms with Gasteiger partial charge in [-0.3, -0.25) is 0 Å². The Bertz CT molecular complexity index is 166. The quantitative estimate of drug-likeness (QED) is 0.507. The van der Waals surface area contributed by atoms with E-state index in [0.717, 1.165) is 19.3 Å². The molecule has 70 valence electrons. The van der Waals surface area contributed by atoms with Gasteiger partial charge in [-0.2, -0.15) is 0 Å². The number of aliphatic hydroxyl groups is 1. The van der Waals surface area contributed by atoms with Crippen LogP contribution in [-0.4, -0.2) is 11.2 Å². The Hall–Kier alpha value is -0.480. The molecule has 1 atom stereocenters. The number of unbranched alkanes of at least 4 members (excludes halogenated alkanes) is 1. The molecule has 0 radical (unpaired) electrons. The smallest absolute Gasteiger partial charge is 0.0588 e. The maximum atomic E-state index is 9.64. The van der Waals surface area contributed by atoms with Crippen molar-refractivity contribution in [2.45, 2.75) is 53.1 Å². The molecule has 0 saturated carbocycles. The Morgan fingerprint density at radius 2 is 1.92 bits per heavy atom. The van der Waals surface area contributed by atoms with Crippen molar-refractivity contribution in [3.63, 3.8) is 0 Å². The molecule has 0 fully saturated rings. The van der Waals surface area contributed by atoms with E-state index >= 15 is 0 Å². The van der Waals surface area contributed by atoms with Gasteiger partial charge in [0.25, 0.3) is 0 Å². The first-order chi connectivity index (χ1) is 5.48. The zero-order chi connectivity index (χ0) is 9.61. The lowest BCUT2D eigenvalue weighted by Gasteiger charge is -2.25. The molecule has 0 aliphatic heterocycles. The summed E-state index contributed by atoms with van der Waals surface area (Å²) in [4.78, 5) is 0. The summed E-state index contributed by atoms with van der Waals surface area (Å²) in [6.45, 7) is 8.02. The van der Waals surface area contributed by atoms with Gasteiger partial charge in [0.1, 0.15) is 0 Å². The minimum atomic E-state index is -0.198. The first-order valence-electron chi connectivity index (χ1n) is 4.56. The Morgan fingerprint density at radius 3 is 2.33 bits per heavy atom. The van der Waals surface area contributed by atoms with Crippen LogP contribution in [0.2, 0.25) is 0 Å². The molecule has 0 bridgehead atoms. The van der Waals surface area contributed by atoms with Crippen molar-refractivity contribution in [1.82, 2.24) is 0 Å². The highest BCUT2D eigenvalue weighted by Crippen LogP contribution is 2.22. The second-order valence-electron chi connectivity index (χ2n) is 4.20. The maximum absolute atomic E-state index is 9.64. The molecule has 0 saturated heterocycles. The lowest BCUT2D eigenvalue weighted by Crippen LogP contribution is -2.25. The summed E-state index contributed by atoms with van der Waals surface area (Å²) in [6.07, 6.45) is 2.57. The number of rotatable bonds is 3. The van der Waals surface area contributed by atoms with Crippen molar-refractivity contribution in [2.75, 3.05) is 0 Å². The van der Waals surface area contributed by atoms with Crippen molar-refractivity contribution in [1.29, 1.82) is 0 Å². The minimum Gasteiger partial charge on any atom is -0.393 e. The van der Waals surface area contributed by atoms with Crippen LogP contribution in [0.4, 0.5) is 0 Å². The predicted molar refractivity (Wildman–Crippen MR) is 52.8 cm³/mol. The van der Waals surface area contributed by atoms with E-state index in [1.165, 1.54) is 0 Å². The van der Waals surface area contributed by atoms with Gasteiger partial charge in [0.2, 0.25) is 0 Å². The van der Waals surface area contributed by atoms with E-state index in [9.17, 15) is 5.11 Å². The molecule has 0 spiro atoms. The predicted octanol–water partition coefficient (Wildman–Crippen LogP) is 2.59. The molecule has 1 N–H and O–H groups in total. The van der Waals surface area contributed by atoms with E-state index in [1.807, 2.05) is 6.92 Å². The van der Waals surface area contributed by atoms with Crippen LogP contribution in [0.15, 0.2) is 0 Å². The van der Waals surface area contributed by atoms with Crippen LogP contribution in [0.25, 0.3) is 0 Å². The number of hydrogen-bond donors (Lipinski definition) is 1. The van der Waals surface area contributed by atoms with Gasteiger partial charge in [-0.05, 0) is 25.2 Å². The zero-order valence-corrected chi connectivity index (χ0v) is 8.65. The molecule has 0 aromatic carbocycles. The molecule has 0 heterocycles. The minimum absolute atomic E-state index is 0.0135. The molecule has 0 amide bonds. The van der Waals surface area contributed by atoms with Gasteiger partial charge in [-0.25, -0.2) is 0 Å². The first kappa shape index (κ1) is 11.5. The van der Waals surface area contributed by atoms with E-state index in [-0.39, 0.29) is 11.5 Å². The molecule has 0 aromatic rings. The summed E-state index contributed by atoms with van der Waals surface area (Å²) in [5.41, 5.74) is 0.0135. The van der Waals surface area contributed by atoms with Crippen LogP contribution < -0.4 is 0 Å². The van der Waals surface area contributed by atoms with Crippen LogP contribution in [0.3, 0.4) is 0 Å². The van der Waals surface area contributed by atoms with E-state index < -0.39 is 0 Å². The molecule has 1 unspecified atom stereocenters. The average molecular weight is 168 g/mol. The van der Waals surface area contributed by atoms with Gasteiger partial charge in [0.15, 0.2) is 0 Å². The van der Waals surface area contributed by atoms with Gasteiger partial charge in [0, 0.05) is 6.42 Å². The average Bonchev–Trinajstić information content (AvgIpc) is 1.96. The van der Waals surface area contributed by atoms with Gasteiger partial charge < -0.3 is 5.11 Å². The van der Waals surface area contributed by atoms with Crippen molar-refractivity contribution in [3.05, 3.63) is 0 Å². The normalized spacial score (nSPS) is 13.4. The maximum Gasteiger partial charge on any atom is 0.0588 e. The third kappa shape index (κ3) is 5.21. The van der Waals surface area contributed by atoms with Crippen molar-refractivity contribution < 1.29 is 5.11 Å². The first-order valence-corrected chi connectivity index (χ1v) is 4.56. The Balaban J connectivity index is 3.55. The molecule has 0 aliphatic rings. The van der Waals surface area contributed by atoms with Crippen LogP contribution >= 0.6 is 0 Å². The molecule has 0 aliphatic carbocycles. The lowest BCUT2D eigenvalue weighted by molar-refractivity contribution is 0.0543. The lowest BCUT2D eigenvalue weighted by atomic mass is 9.86. The van der Waals surface area contributed by atoms with Gasteiger partial charge in [-0.15, -0.1) is 11.8 Å². The Morgan fingerprint density at radius 1 is 1.33 bits per heavy atom. The van der Waals surface area contributed by atoms with E-state index in [1.54, 1.807) is 0 Å². The SMILES string of the molecule is CC#CCCCC(O)C(C)(C)C. The number of aliphatic hydroxyl groups excluding tert-OH is 1. The molecule has 1 nitrogen and oxygen atoms in total. The second kappa shape index (κ2) is 5.22. The highest BCUT2D eigenvalue weighted by Gasteiger charge is 2.20. The zero-order valence-electron chi connectivity index (χ0n) is 8.65. The molecule has 12 heavy (non-hydrogen) atoms. The summed E-state index contributed by atoms with van der Waals surface area (Å²) in [6, 6.07) is 0. The monoisotopic (exact) mass is 168 g/mol. The molecule has 0 aromatic heterocycles. The fourth-order valence-corrected chi connectivity index (χ4v) is 0.942. The Labute approximate surface area is 76.2 Å². The Kier molecular flexibility index (Phi) is 5.01. The summed E-state index contributed by atoms with van der Waals surface area (Å²) < 4.78 is 0. The van der Waals surface area contributed by atoms with Crippen LogP contribution in [0.5, 0.6) is 0 Å². The van der Waals surface area contributed by atoms with Gasteiger partial charge in [-0.1, -0.05) is 20.8 Å². The van der Waals surface area contributed by atoms with Crippen molar-refractivity contribution in [3.8, 4) is 11.8 Å². The van der Waals surface area contributed by atoms with E-state index in [0.29, 0.717) is 0 Å². The summed E-state index contributed by atoms with van der Waals surface area (Å²) >= 11 is 0. The molecular weight excluding hydrogens is 148 g/mol. The van der Waals surface area contributed by atoms with Crippen molar-refractivity contribution in [2.24, 2.45) is 5.41 Å².